The van der Waals surface area contributed by atoms with Crippen LogP contribution >= 0.6 is 0 Å². The molecular formula is C24H25F3N4O. The largest absolute Gasteiger partial charge is 0.412 e. The minimum Gasteiger partial charge on any atom is -0.364 e. The number of allylic oxidation sites excluding steroid dienone is 3. The highest BCUT2D eigenvalue weighted by Crippen LogP contribution is 2.32. The Bertz CT molecular complexity index is 1100. The SMILES string of the molecule is C/C(=C\C=C/C(=N)CN1CCc2c(-c3ccccc3C)cc(C(N)=O)nc2C1)C(F)(F)F. The van der Waals surface area contributed by atoms with Crippen molar-refractivity contribution in [2.24, 2.45) is 5.73 Å². The normalized spacial score (nSPS) is 15.1. The van der Waals surface area contributed by atoms with Crippen LogP contribution in [0.3, 0.4) is 0 Å². The fraction of sp³-hybridized carbons (Fsp3) is 0.292. The molecule has 0 unspecified atom stereocenters. The lowest BCUT2D eigenvalue weighted by molar-refractivity contribution is -0.0913. The van der Waals surface area contributed by atoms with Crippen LogP contribution in [0.4, 0.5) is 13.2 Å². The molecule has 0 aliphatic carbocycles. The van der Waals surface area contributed by atoms with Gasteiger partial charge in [0, 0.05) is 30.9 Å². The zero-order valence-electron chi connectivity index (χ0n) is 18.0. The van der Waals surface area contributed by atoms with E-state index in [0.29, 0.717) is 19.5 Å². The Labute approximate surface area is 185 Å². The lowest BCUT2D eigenvalue weighted by Gasteiger charge is -2.29. The van der Waals surface area contributed by atoms with Crippen LogP contribution in [-0.2, 0) is 13.0 Å². The topological polar surface area (TPSA) is 83.1 Å². The van der Waals surface area contributed by atoms with Gasteiger partial charge in [0.2, 0.25) is 0 Å². The molecule has 2 heterocycles. The molecule has 0 radical (unpaired) electrons. The van der Waals surface area contributed by atoms with Crippen LogP contribution in [0.15, 0.2) is 54.1 Å². The zero-order chi connectivity index (χ0) is 23.5. The maximum Gasteiger partial charge on any atom is 0.412 e. The van der Waals surface area contributed by atoms with Gasteiger partial charge in [-0.25, -0.2) is 4.98 Å². The van der Waals surface area contributed by atoms with E-state index >= 15 is 0 Å². The number of aryl methyl sites for hydroxylation is 1. The van der Waals surface area contributed by atoms with Crippen molar-refractivity contribution >= 4 is 11.6 Å². The third-order valence-corrected chi connectivity index (χ3v) is 5.43. The van der Waals surface area contributed by atoms with Crippen LogP contribution in [0.25, 0.3) is 11.1 Å². The Hall–Kier alpha value is -3.26. The van der Waals surface area contributed by atoms with Crippen LogP contribution < -0.4 is 5.73 Å². The Balaban J connectivity index is 1.81. The number of halogens is 3. The van der Waals surface area contributed by atoms with E-state index in [1.165, 1.54) is 12.2 Å². The summed E-state index contributed by atoms with van der Waals surface area (Å²) in [6.07, 6.45) is -0.147. The number of carbonyl (C=O) groups is 1. The van der Waals surface area contributed by atoms with E-state index in [9.17, 15) is 18.0 Å². The summed E-state index contributed by atoms with van der Waals surface area (Å²) in [5, 5.41) is 8.09. The zero-order valence-corrected chi connectivity index (χ0v) is 18.0. The van der Waals surface area contributed by atoms with E-state index in [1.807, 2.05) is 36.1 Å². The van der Waals surface area contributed by atoms with Gasteiger partial charge < -0.3 is 11.1 Å². The molecule has 0 saturated heterocycles. The molecule has 0 bridgehead atoms. The summed E-state index contributed by atoms with van der Waals surface area (Å²) in [6.45, 7) is 4.34. The molecule has 5 nitrogen and oxygen atoms in total. The summed E-state index contributed by atoms with van der Waals surface area (Å²) in [5.41, 5.74) is 9.97. The summed E-state index contributed by atoms with van der Waals surface area (Å²) in [7, 11) is 0. The van der Waals surface area contributed by atoms with Gasteiger partial charge in [0.25, 0.3) is 5.91 Å². The number of amides is 1. The van der Waals surface area contributed by atoms with E-state index in [-0.39, 0.29) is 18.0 Å². The van der Waals surface area contributed by atoms with Crippen molar-refractivity contribution in [3.05, 3.63) is 76.6 Å². The summed E-state index contributed by atoms with van der Waals surface area (Å²) >= 11 is 0. The molecule has 8 heteroatoms. The van der Waals surface area contributed by atoms with Gasteiger partial charge in [-0.2, -0.15) is 13.2 Å². The van der Waals surface area contributed by atoms with Gasteiger partial charge in [-0.1, -0.05) is 36.4 Å². The average molecular weight is 442 g/mol. The van der Waals surface area contributed by atoms with Crippen molar-refractivity contribution < 1.29 is 18.0 Å². The van der Waals surface area contributed by atoms with Crippen LogP contribution in [-0.4, -0.2) is 40.8 Å². The lowest BCUT2D eigenvalue weighted by Crippen LogP contribution is -2.35. The standard InChI is InChI=1S/C24H25F3N4O/c1-15-6-3-4-9-18(15)20-12-21(23(29)32)30-22-14-31(11-10-19(20)22)13-17(28)8-5-7-16(2)24(25,26)27/h3-9,12,28H,10-11,13-14H2,1-2H3,(H2,29,32)/b8-5-,16-7+,28-17?. The van der Waals surface area contributed by atoms with Crippen molar-refractivity contribution in [2.45, 2.75) is 33.0 Å². The molecule has 0 atom stereocenters. The number of hydrogen-bond donors (Lipinski definition) is 2. The molecule has 0 fully saturated rings. The van der Waals surface area contributed by atoms with E-state index in [4.69, 9.17) is 11.1 Å². The van der Waals surface area contributed by atoms with Gasteiger partial charge in [0.1, 0.15) is 5.69 Å². The predicted molar refractivity (Wildman–Crippen MR) is 119 cm³/mol. The fourth-order valence-corrected chi connectivity index (χ4v) is 3.67. The number of rotatable bonds is 6. The van der Waals surface area contributed by atoms with E-state index in [0.717, 1.165) is 40.9 Å². The number of aromatic nitrogens is 1. The van der Waals surface area contributed by atoms with Gasteiger partial charge in [0.15, 0.2) is 0 Å². The monoisotopic (exact) mass is 442 g/mol. The van der Waals surface area contributed by atoms with Gasteiger partial charge >= 0.3 is 6.18 Å². The first-order valence-electron chi connectivity index (χ1n) is 10.2. The van der Waals surface area contributed by atoms with Gasteiger partial charge in [0.05, 0.1) is 5.69 Å². The molecule has 3 rings (SSSR count). The Morgan fingerprint density at radius 1 is 1.28 bits per heavy atom. The first-order chi connectivity index (χ1) is 15.1. The van der Waals surface area contributed by atoms with E-state index in [1.54, 1.807) is 6.07 Å². The highest BCUT2D eigenvalue weighted by molar-refractivity contribution is 5.94. The third-order valence-electron chi connectivity index (χ3n) is 5.43. The second kappa shape index (κ2) is 9.48. The minimum absolute atomic E-state index is 0.185. The molecule has 1 aromatic heterocycles. The summed E-state index contributed by atoms with van der Waals surface area (Å²) in [4.78, 5) is 18.3. The molecule has 1 aromatic carbocycles. The van der Waals surface area contributed by atoms with Crippen molar-refractivity contribution in [3.63, 3.8) is 0 Å². The number of fused-ring (bicyclic) bond motifs is 1. The summed E-state index contributed by atoms with van der Waals surface area (Å²) < 4.78 is 37.7. The van der Waals surface area contributed by atoms with Crippen molar-refractivity contribution in [1.82, 2.24) is 9.88 Å². The molecule has 1 aliphatic heterocycles. The molecule has 0 saturated carbocycles. The molecule has 32 heavy (non-hydrogen) atoms. The van der Waals surface area contributed by atoms with Crippen molar-refractivity contribution in [2.75, 3.05) is 13.1 Å². The molecular weight excluding hydrogens is 417 g/mol. The van der Waals surface area contributed by atoms with Crippen LogP contribution in [0.2, 0.25) is 0 Å². The first kappa shape index (κ1) is 23.4. The van der Waals surface area contributed by atoms with Gasteiger partial charge in [-0.15, -0.1) is 0 Å². The van der Waals surface area contributed by atoms with E-state index in [2.05, 4.69) is 4.98 Å². The number of pyridine rings is 1. The summed E-state index contributed by atoms with van der Waals surface area (Å²) in [6, 6.07) is 9.63. The average Bonchev–Trinajstić information content (AvgIpc) is 2.72. The number of hydrogen-bond acceptors (Lipinski definition) is 4. The highest BCUT2D eigenvalue weighted by Gasteiger charge is 2.29. The predicted octanol–water partition coefficient (Wildman–Crippen LogP) is 4.60. The fourth-order valence-electron chi connectivity index (χ4n) is 3.67. The van der Waals surface area contributed by atoms with Gasteiger partial charge in [-0.3, -0.25) is 9.69 Å². The first-order valence-corrected chi connectivity index (χ1v) is 10.2. The van der Waals surface area contributed by atoms with Crippen molar-refractivity contribution in [3.8, 4) is 11.1 Å². The number of alkyl halides is 3. The molecule has 168 valence electrons. The number of nitrogens with two attached hydrogens (primary N) is 1. The van der Waals surface area contributed by atoms with Crippen LogP contribution in [0.5, 0.6) is 0 Å². The quantitative estimate of drug-likeness (QED) is 0.507. The highest BCUT2D eigenvalue weighted by atomic mass is 19.4. The second-order valence-corrected chi connectivity index (χ2v) is 7.85. The summed E-state index contributed by atoms with van der Waals surface area (Å²) in [5.74, 6) is -0.609. The smallest absolute Gasteiger partial charge is 0.364 e. The Morgan fingerprint density at radius 2 is 2.00 bits per heavy atom. The number of carbonyl (C=O) groups excluding carboxylic acids is 1. The minimum atomic E-state index is -4.37. The molecule has 1 amide bonds. The maximum absolute atomic E-state index is 12.6. The number of primary amides is 1. The number of nitrogens with zero attached hydrogens (tertiary/aromatic N) is 2. The molecule has 0 spiro atoms. The lowest BCUT2D eigenvalue weighted by atomic mass is 9.91. The van der Waals surface area contributed by atoms with E-state index < -0.39 is 17.7 Å². The Kier molecular flexibility index (Phi) is 6.93. The van der Waals surface area contributed by atoms with Crippen LogP contribution in [0, 0.1) is 12.3 Å². The number of nitrogens with one attached hydrogen (secondary N) is 1. The maximum atomic E-state index is 12.6. The van der Waals surface area contributed by atoms with Gasteiger partial charge in [-0.05, 0) is 54.7 Å². The molecule has 2 aromatic rings. The number of benzene rings is 1. The second-order valence-electron chi connectivity index (χ2n) is 7.85. The third kappa shape index (κ3) is 5.50. The molecule has 3 N–H and O–H groups in total. The van der Waals surface area contributed by atoms with Crippen LogP contribution in [0.1, 0.15) is 34.2 Å². The Morgan fingerprint density at radius 3 is 2.66 bits per heavy atom. The van der Waals surface area contributed by atoms with Crippen molar-refractivity contribution in [1.29, 1.82) is 5.41 Å². The molecule has 1 aliphatic rings.